The van der Waals surface area contributed by atoms with Crippen LogP contribution < -0.4 is 5.32 Å². The van der Waals surface area contributed by atoms with E-state index in [1.54, 1.807) is 25.7 Å². The summed E-state index contributed by atoms with van der Waals surface area (Å²) >= 11 is 0. The smallest absolute Gasteiger partial charge is 0.248 e. The Kier molecular flexibility index (Phi) is 4.41. The first kappa shape index (κ1) is 15.0. The molecular formula is C14H26N2O2. The summed E-state index contributed by atoms with van der Waals surface area (Å²) in [6.07, 6.45) is 2.03. The molecule has 4 nitrogen and oxygen atoms in total. The number of rotatable bonds is 4. The molecule has 18 heavy (non-hydrogen) atoms. The maximum Gasteiger partial charge on any atom is 0.248 e. The standard InChI is InChI=1S/C14H26N2O2/c1-7-9(2)8-10(3)16-11(4)12(17)15-14(5,6)13(16)18/h9-11H,7-8H2,1-6H3,(H,15,17). The molecule has 104 valence electrons. The summed E-state index contributed by atoms with van der Waals surface area (Å²) in [6, 6.07) is -0.266. The second kappa shape index (κ2) is 5.29. The monoisotopic (exact) mass is 254 g/mol. The fourth-order valence-corrected chi connectivity index (χ4v) is 2.54. The molecule has 0 spiro atoms. The van der Waals surface area contributed by atoms with Crippen LogP contribution in [0.1, 0.15) is 54.4 Å². The van der Waals surface area contributed by atoms with Gasteiger partial charge in [-0.25, -0.2) is 0 Å². The van der Waals surface area contributed by atoms with E-state index in [2.05, 4.69) is 19.2 Å². The first-order chi connectivity index (χ1) is 8.20. The van der Waals surface area contributed by atoms with E-state index >= 15 is 0 Å². The van der Waals surface area contributed by atoms with Crippen molar-refractivity contribution in [2.24, 2.45) is 5.92 Å². The van der Waals surface area contributed by atoms with Crippen molar-refractivity contribution in [1.82, 2.24) is 10.2 Å². The molecule has 3 unspecified atom stereocenters. The third-order valence-electron chi connectivity index (χ3n) is 3.92. The third kappa shape index (κ3) is 2.85. The Balaban J connectivity index is 2.89. The van der Waals surface area contributed by atoms with Crippen LogP contribution in [-0.4, -0.2) is 34.3 Å². The number of hydrogen-bond donors (Lipinski definition) is 1. The number of carbonyl (C=O) groups excluding carboxylic acids is 2. The predicted molar refractivity (Wildman–Crippen MR) is 72.1 cm³/mol. The van der Waals surface area contributed by atoms with E-state index in [4.69, 9.17) is 0 Å². The molecule has 4 heteroatoms. The normalized spacial score (nSPS) is 26.8. The molecule has 1 aliphatic heterocycles. The molecule has 0 saturated carbocycles. The molecule has 1 heterocycles. The van der Waals surface area contributed by atoms with Crippen molar-refractivity contribution in [1.29, 1.82) is 0 Å². The Morgan fingerprint density at radius 1 is 1.33 bits per heavy atom. The SMILES string of the molecule is CCC(C)CC(C)N1C(=O)C(C)(C)NC(=O)C1C. The van der Waals surface area contributed by atoms with Crippen LogP contribution in [0.25, 0.3) is 0 Å². The van der Waals surface area contributed by atoms with Gasteiger partial charge in [0.15, 0.2) is 0 Å². The molecule has 0 bridgehead atoms. The summed E-state index contributed by atoms with van der Waals surface area (Å²) in [7, 11) is 0. The molecule has 1 aliphatic rings. The Hall–Kier alpha value is -1.06. The molecule has 2 amide bonds. The number of amides is 2. The van der Waals surface area contributed by atoms with Gasteiger partial charge < -0.3 is 10.2 Å². The van der Waals surface area contributed by atoms with Crippen LogP contribution >= 0.6 is 0 Å². The zero-order chi connectivity index (χ0) is 14.1. The van der Waals surface area contributed by atoms with Crippen LogP contribution in [0.15, 0.2) is 0 Å². The summed E-state index contributed by atoms with van der Waals surface area (Å²) in [5.41, 5.74) is -0.784. The van der Waals surface area contributed by atoms with Crippen molar-refractivity contribution < 1.29 is 9.59 Å². The number of hydrogen-bond acceptors (Lipinski definition) is 2. The summed E-state index contributed by atoms with van der Waals surface area (Å²) in [6.45, 7) is 11.7. The van der Waals surface area contributed by atoms with E-state index in [-0.39, 0.29) is 23.9 Å². The Labute approximate surface area is 110 Å². The lowest BCUT2D eigenvalue weighted by atomic mass is 9.92. The molecule has 1 saturated heterocycles. The number of nitrogens with zero attached hydrogens (tertiary/aromatic N) is 1. The molecule has 0 aromatic carbocycles. The minimum absolute atomic E-state index is 0.0189. The van der Waals surface area contributed by atoms with Crippen LogP contribution in [0, 0.1) is 5.92 Å². The molecule has 1 N–H and O–H groups in total. The van der Waals surface area contributed by atoms with Crippen molar-refractivity contribution >= 4 is 11.8 Å². The Morgan fingerprint density at radius 2 is 1.89 bits per heavy atom. The van der Waals surface area contributed by atoms with E-state index in [1.807, 2.05) is 6.92 Å². The molecule has 1 fully saturated rings. The largest absolute Gasteiger partial charge is 0.340 e. The highest BCUT2D eigenvalue weighted by molar-refractivity contribution is 5.99. The van der Waals surface area contributed by atoms with Crippen LogP contribution in [-0.2, 0) is 9.59 Å². The highest BCUT2D eigenvalue weighted by atomic mass is 16.2. The Morgan fingerprint density at radius 3 is 2.39 bits per heavy atom. The predicted octanol–water partition coefficient (Wildman–Crippen LogP) is 1.94. The maximum absolute atomic E-state index is 12.4. The van der Waals surface area contributed by atoms with Gasteiger partial charge in [-0.1, -0.05) is 20.3 Å². The lowest BCUT2D eigenvalue weighted by Gasteiger charge is -2.45. The molecule has 1 rings (SSSR count). The van der Waals surface area contributed by atoms with Gasteiger partial charge in [0.25, 0.3) is 0 Å². The zero-order valence-corrected chi connectivity index (χ0v) is 12.4. The highest BCUT2D eigenvalue weighted by Crippen LogP contribution is 2.24. The first-order valence-corrected chi connectivity index (χ1v) is 6.85. The van der Waals surface area contributed by atoms with E-state index in [1.165, 1.54) is 0 Å². The van der Waals surface area contributed by atoms with Crippen molar-refractivity contribution in [2.75, 3.05) is 0 Å². The molecular weight excluding hydrogens is 228 g/mol. The molecule has 0 aromatic heterocycles. The van der Waals surface area contributed by atoms with E-state index in [9.17, 15) is 9.59 Å². The molecule has 3 atom stereocenters. The minimum Gasteiger partial charge on any atom is -0.340 e. The molecule has 0 aromatic rings. The average molecular weight is 254 g/mol. The first-order valence-electron chi connectivity index (χ1n) is 6.85. The van der Waals surface area contributed by atoms with Crippen molar-refractivity contribution in [3.63, 3.8) is 0 Å². The van der Waals surface area contributed by atoms with Gasteiger partial charge in [0.2, 0.25) is 11.8 Å². The van der Waals surface area contributed by atoms with Gasteiger partial charge in [0.1, 0.15) is 11.6 Å². The second-order valence-electron chi connectivity index (χ2n) is 6.10. The summed E-state index contributed by atoms with van der Waals surface area (Å²) in [5.74, 6) is 0.522. The van der Waals surface area contributed by atoms with Crippen molar-refractivity contribution in [3.05, 3.63) is 0 Å². The lowest BCUT2D eigenvalue weighted by molar-refractivity contribution is -0.155. The molecule has 0 radical (unpaired) electrons. The van der Waals surface area contributed by atoms with Gasteiger partial charge >= 0.3 is 0 Å². The topological polar surface area (TPSA) is 49.4 Å². The van der Waals surface area contributed by atoms with Gasteiger partial charge in [0.05, 0.1) is 0 Å². The second-order valence-corrected chi connectivity index (χ2v) is 6.10. The molecule has 0 aliphatic carbocycles. The Bertz CT molecular complexity index is 339. The summed E-state index contributed by atoms with van der Waals surface area (Å²) in [5, 5.41) is 2.78. The van der Waals surface area contributed by atoms with E-state index in [0.29, 0.717) is 5.92 Å². The number of piperazine rings is 1. The van der Waals surface area contributed by atoms with Crippen LogP contribution in [0.5, 0.6) is 0 Å². The zero-order valence-electron chi connectivity index (χ0n) is 12.4. The van der Waals surface area contributed by atoms with Gasteiger partial charge in [-0.15, -0.1) is 0 Å². The average Bonchev–Trinajstić information content (AvgIpc) is 2.26. The number of nitrogens with one attached hydrogen (secondary N) is 1. The van der Waals surface area contributed by atoms with E-state index < -0.39 is 5.54 Å². The number of carbonyl (C=O) groups is 2. The fraction of sp³-hybridized carbons (Fsp3) is 0.857. The van der Waals surface area contributed by atoms with Gasteiger partial charge in [-0.3, -0.25) is 9.59 Å². The van der Waals surface area contributed by atoms with Crippen molar-refractivity contribution in [3.8, 4) is 0 Å². The van der Waals surface area contributed by atoms with Crippen LogP contribution in [0.4, 0.5) is 0 Å². The van der Waals surface area contributed by atoms with Gasteiger partial charge in [0, 0.05) is 6.04 Å². The lowest BCUT2D eigenvalue weighted by Crippen LogP contribution is -2.69. The minimum atomic E-state index is -0.784. The quantitative estimate of drug-likeness (QED) is 0.833. The van der Waals surface area contributed by atoms with Crippen LogP contribution in [0.2, 0.25) is 0 Å². The summed E-state index contributed by atoms with van der Waals surface area (Å²) < 4.78 is 0. The van der Waals surface area contributed by atoms with Crippen molar-refractivity contribution in [2.45, 2.75) is 72.0 Å². The highest BCUT2D eigenvalue weighted by Gasteiger charge is 2.45. The third-order valence-corrected chi connectivity index (χ3v) is 3.92. The maximum atomic E-state index is 12.4. The van der Waals surface area contributed by atoms with Gasteiger partial charge in [-0.05, 0) is 40.0 Å². The fourth-order valence-electron chi connectivity index (χ4n) is 2.54. The van der Waals surface area contributed by atoms with E-state index in [0.717, 1.165) is 12.8 Å². The summed E-state index contributed by atoms with van der Waals surface area (Å²) in [4.78, 5) is 26.1. The van der Waals surface area contributed by atoms with Gasteiger partial charge in [-0.2, -0.15) is 0 Å². The van der Waals surface area contributed by atoms with Crippen LogP contribution in [0.3, 0.4) is 0 Å².